The van der Waals surface area contributed by atoms with Crippen molar-refractivity contribution in [2.45, 2.75) is 37.6 Å². The first-order valence-electron chi connectivity index (χ1n) is 11.3. The zero-order chi connectivity index (χ0) is 26.1. The number of carbonyl (C=O) groups excluding carboxylic acids is 1. The number of carboxylic acid groups (broad SMARTS) is 1. The second-order valence-electron chi connectivity index (χ2n) is 8.27. The first-order chi connectivity index (χ1) is 17.2. The molecule has 3 aromatic rings. The monoisotopic (exact) mass is 500 g/mol. The zero-order valence-electron chi connectivity index (χ0n) is 19.6. The Morgan fingerprint density at radius 1 is 0.944 bits per heavy atom. The van der Waals surface area contributed by atoms with E-state index in [2.05, 4.69) is 34.9 Å². The number of methoxy groups -OCH3 is 1. The maximum Gasteiger partial charge on any atom is 0.490 e. The Labute approximate surface area is 207 Å². The van der Waals surface area contributed by atoms with Gasteiger partial charge in [-0.3, -0.25) is 4.79 Å². The van der Waals surface area contributed by atoms with Gasteiger partial charge in [0.05, 0.1) is 7.11 Å². The van der Waals surface area contributed by atoms with Crippen LogP contribution in [0.25, 0.3) is 0 Å². The van der Waals surface area contributed by atoms with Crippen LogP contribution < -0.4 is 15.4 Å². The quantitative estimate of drug-likeness (QED) is 0.409. The Balaban J connectivity index is 0.000000454. The highest BCUT2D eigenvalue weighted by molar-refractivity contribution is 5.94. The summed E-state index contributed by atoms with van der Waals surface area (Å²) in [4.78, 5) is 21.3. The molecule has 1 amide bonds. The van der Waals surface area contributed by atoms with E-state index in [9.17, 15) is 18.0 Å². The number of amides is 1. The summed E-state index contributed by atoms with van der Waals surface area (Å²) >= 11 is 0. The highest BCUT2D eigenvalue weighted by Crippen LogP contribution is 2.41. The molecule has 1 aliphatic rings. The van der Waals surface area contributed by atoms with Gasteiger partial charge in [-0.25, -0.2) is 4.79 Å². The standard InChI is InChI=1S/C25H26N2O2.C2HF3O2/c1-29-22-9-5-8-19(14-22)17-26-24-15-23(24)20-10-12-21(13-11-20)25(28)27-16-18-6-3-2-4-7-18;3-2(4,5)1(6)7/h2-14,23-24,26H,15-17H2,1H3,(H,27,28);(H,6,7)/t23-,24+;/m0./s1. The number of halogens is 3. The summed E-state index contributed by atoms with van der Waals surface area (Å²) in [6, 6.07) is 26.6. The fraction of sp³-hybridized carbons (Fsp3) is 0.259. The van der Waals surface area contributed by atoms with E-state index < -0.39 is 12.1 Å². The molecule has 0 bridgehead atoms. The van der Waals surface area contributed by atoms with Gasteiger partial charge >= 0.3 is 12.1 Å². The average Bonchev–Trinajstić information content (AvgIpc) is 3.66. The molecule has 9 heteroatoms. The molecule has 0 heterocycles. The largest absolute Gasteiger partial charge is 0.497 e. The maximum atomic E-state index is 12.4. The third kappa shape index (κ3) is 8.13. The van der Waals surface area contributed by atoms with Crippen LogP contribution in [0.5, 0.6) is 5.75 Å². The number of benzene rings is 3. The van der Waals surface area contributed by atoms with E-state index in [4.69, 9.17) is 14.6 Å². The molecule has 6 nitrogen and oxygen atoms in total. The van der Waals surface area contributed by atoms with Crippen LogP contribution in [0.4, 0.5) is 13.2 Å². The van der Waals surface area contributed by atoms with Crippen LogP contribution in [0, 0.1) is 0 Å². The topological polar surface area (TPSA) is 87.7 Å². The predicted octanol–water partition coefficient (Wildman–Crippen LogP) is 4.90. The summed E-state index contributed by atoms with van der Waals surface area (Å²) in [6.45, 7) is 1.37. The van der Waals surface area contributed by atoms with Crippen LogP contribution in [0.3, 0.4) is 0 Å². The predicted molar refractivity (Wildman–Crippen MR) is 129 cm³/mol. The maximum absolute atomic E-state index is 12.4. The molecule has 0 radical (unpaired) electrons. The molecule has 190 valence electrons. The van der Waals surface area contributed by atoms with E-state index in [1.807, 2.05) is 54.6 Å². The Morgan fingerprint density at radius 2 is 1.58 bits per heavy atom. The molecule has 1 saturated carbocycles. The van der Waals surface area contributed by atoms with Crippen LogP contribution in [0.1, 0.15) is 39.4 Å². The summed E-state index contributed by atoms with van der Waals surface area (Å²) in [6.07, 6.45) is -3.95. The molecule has 1 fully saturated rings. The first-order valence-corrected chi connectivity index (χ1v) is 11.3. The van der Waals surface area contributed by atoms with E-state index in [-0.39, 0.29) is 5.91 Å². The third-order valence-corrected chi connectivity index (χ3v) is 5.63. The molecule has 2 atom stereocenters. The molecule has 0 aromatic heterocycles. The van der Waals surface area contributed by atoms with Crippen molar-refractivity contribution in [2.24, 2.45) is 0 Å². The van der Waals surface area contributed by atoms with Gasteiger partial charge in [0, 0.05) is 30.6 Å². The molecular weight excluding hydrogens is 473 g/mol. The van der Waals surface area contributed by atoms with Crippen molar-refractivity contribution in [3.05, 3.63) is 101 Å². The fourth-order valence-corrected chi connectivity index (χ4v) is 3.58. The average molecular weight is 501 g/mol. The SMILES string of the molecule is COc1cccc(CN[C@@H]2C[C@H]2c2ccc(C(=O)NCc3ccccc3)cc2)c1.O=C(O)C(F)(F)F. The lowest BCUT2D eigenvalue weighted by Crippen LogP contribution is -2.22. The van der Waals surface area contributed by atoms with Gasteiger partial charge in [-0.05, 0) is 47.4 Å². The van der Waals surface area contributed by atoms with Crippen LogP contribution in [-0.4, -0.2) is 36.3 Å². The number of nitrogens with one attached hydrogen (secondary N) is 2. The highest BCUT2D eigenvalue weighted by atomic mass is 19.4. The number of carbonyl (C=O) groups is 2. The minimum absolute atomic E-state index is 0.0381. The van der Waals surface area contributed by atoms with Gasteiger partial charge in [-0.15, -0.1) is 0 Å². The molecule has 36 heavy (non-hydrogen) atoms. The Hall–Kier alpha value is -3.85. The molecule has 4 rings (SSSR count). The smallest absolute Gasteiger partial charge is 0.490 e. The van der Waals surface area contributed by atoms with Crippen molar-refractivity contribution >= 4 is 11.9 Å². The third-order valence-electron chi connectivity index (χ3n) is 5.63. The van der Waals surface area contributed by atoms with Crippen LogP contribution >= 0.6 is 0 Å². The lowest BCUT2D eigenvalue weighted by molar-refractivity contribution is -0.192. The number of rotatable bonds is 8. The van der Waals surface area contributed by atoms with Crippen molar-refractivity contribution in [2.75, 3.05) is 7.11 Å². The molecule has 0 unspecified atom stereocenters. The lowest BCUT2D eigenvalue weighted by Gasteiger charge is -2.08. The molecular formula is C27H27F3N2O4. The van der Waals surface area contributed by atoms with Crippen molar-refractivity contribution < 1.29 is 32.6 Å². The Bertz CT molecular complexity index is 1150. The van der Waals surface area contributed by atoms with Gasteiger partial charge in [0.2, 0.25) is 0 Å². The minimum atomic E-state index is -5.08. The first kappa shape index (κ1) is 26.7. The van der Waals surface area contributed by atoms with Crippen molar-refractivity contribution in [1.82, 2.24) is 10.6 Å². The van der Waals surface area contributed by atoms with E-state index in [0.29, 0.717) is 24.1 Å². The van der Waals surface area contributed by atoms with E-state index in [1.165, 1.54) is 11.1 Å². The number of hydrogen-bond acceptors (Lipinski definition) is 4. The Morgan fingerprint density at radius 3 is 2.19 bits per heavy atom. The molecule has 3 N–H and O–H groups in total. The summed E-state index contributed by atoms with van der Waals surface area (Å²) in [5, 5.41) is 13.7. The zero-order valence-corrected chi connectivity index (χ0v) is 19.6. The molecule has 0 saturated heterocycles. The summed E-state index contributed by atoms with van der Waals surface area (Å²) in [7, 11) is 1.69. The van der Waals surface area contributed by atoms with Crippen molar-refractivity contribution in [1.29, 1.82) is 0 Å². The van der Waals surface area contributed by atoms with Gasteiger partial charge in [-0.1, -0.05) is 54.6 Å². The number of ether oxygens (including phenoxy) is 1. The van der Waals surface area contributed by atoms with E-state index in [1.54, 1.807) is 7.11 Å². The van der Waals surface area contributed by atoms with Crippen molar-refractivity contribution in [3.63, 3.8) is 0 Å². The number of hydrogen-bond donors (Lipinski definition) is 3. The van der Waals surface area contributed by atoms with Crippen LogP contribution in [0.2, 0.25) is 0 Å². The second-order valence-corrected chi connectivity index (χ2v) is 8.27. The van der Waals surface area contributed by atoms with Crippen LogP contribution in [-0.2, 0) is 17.9 Å². The summed E-state index contributed by atoms with van der Waals surface area (Å²) in [5.74, 6) is -1.39. The molecule has 1 aliphatic carbocycles. The summed E-state index contributed by atoms with van der Waals surface area (Å²) in [5.41, 5.74) is 4.31. The fourth-order valence-electron chi connectivity index (χ4n) is 3.58. The molecule has 0 spiro atoms. The normalized spacial score (nSPS) is 16.3. The number of aliphatic carboxylic acids is 1. The molecule has 3 aromatic carbocycles. The number of alkyl halides is 3. The number of carboxylic acids is 1. The summed E-state index contributed by atoms with van der Waals surface area (Å²) < 4.78 is 37.0. The second kappa shape index (κ2) is 12.2. The van der Waals surface area contributed by atoms with Gasteiger partial charge in [0.15, 0.2) is 0 Å². The van der Waals surface area contributed by atoms with Crippen molar-refractivity contribution in [3.8, 4) is 5.75 Å². The van der Waals surface area contributed by atoms with Gasteiger partial charge in [0.25, 0.3) is 5.91 Å². The van der Waals surface area contributed by atoms with Gasteiger partial charge in [-0.2, -0.15) is 13.2 Å². The minimum Gasteiger partial charge on any atom is -0.497 e. The van der Waals surface area contributed by atoms with Crippen LogP contribution in [0.15, 0.2) is 78.9 Å². The Kier molecular flexibility index (Phi) is 9.08. The highest BCUT2D eigenvalue weighted by Gasteiger charge is 2.38. The van der Waals surface area contributed by atoms with E-state index in [0.717, 1.165) is 24.3 Å². The van der Waals surface area contributed by atoms with Gasteiger partial charge < -0.3 is 20.5 Å². The molecule has 0 aliphatic heterocycles. The lowest BCUT2D eigenvalue weighted by atomic mass is 10.1. The van der Waals surface area contributed by atoms with E-state index >= 15 is 0 Å². The van der Waals surface area contributed by atoms with Gasteiger partial charge in [0.1, 0.15) is 5.75 Å².